The van der Waals surface area contributed by atoms with E-state index >= 15 is 0 Å². The molecule has 32 heavy (non-hydrogen) atoms. The summed E-state index contributed by atoms with van der Waals surface area (Å²) in [5.41, 5.74) is 1.38. The van der Waals surface area contributed by atoms with Gasteiger partial charge in [0.1, 0.15) is 0 Å². The summed E-state index contributed by atoms with van der Waals surface area (Å²) < 4.78 is 27.3. The van der Waals surface area contributed by atoms with Crippen molar-refractivity contribution in [2.24, 2.45) is 11.8 Å². The van der Waals surface area contributed by atoms with Gasteiger partial charge in [-0.15, -0.1) is 11.3 Å². The van der Waals surface area contributed by atoms with Crippen LogP contribution in [-0.2, 0) is 16.6 Å². The van der Waals surface area contributed by atoms with Crippen molar-refractivity contribution in [1.29, 1.82) is 0 Å². The van der Waals surface area contributed by atoms with E-state index in [1.165, 1.54) is 36.3 Å². The number of nitrogens with one attached hydrogen (secondary N) is 1. The number of piperidine rings is 2. The van der Waals surface area contributed by atoms with Gasteiger partial charge in [-0.25, -0.2) is 13.4 Å². The molecule has 1 amide bonds. The molecule has 2 aliphatic heterocycles. The molecule has 1 unspecified atom stereocenters. The van der Waals surface area contributed by atoms with E-state index in [-0.39, 0.29) is 10.8 Å². The van der Waals surface area contributed by atoms with Crippen LogP contribution >= 0.6 is 11.3 Å². The summed E-state index contributed by atoms with van der Waals surface area (Å²) in [5, 5.41) is 5.40. The maximum Gasteiger partial charge on any atom is 0.257 e. The molecule has 9 heteroatoms. The van der Waals surface area contributed by atoms with Crippen molar-refractivity contribution in [1.82, 2.24) is 14.2 Å². The van der Waals surface area contributed by atoms with Crippen molar-refractivity contribution in [3.63, 3.8) is 0 Å². The monoisotopic (exact) mass is 476 g/mol. The molecule has 2 aromatic rings. The summed E-state index contributed by atoms with van der Waals surface area (Å²) in [6.07, 6.45) is 4.27. The lowest BCUT2D eigenvalue weighted by atomic mass is 10.0. The highest BCUT2D eigenvalue weighted by Gasteiger charge is 2.28. The second-order valence-electron chi connectivity index (χ2n) is 9.19. The Labute approximate surface area is 194 Å². The minimum Gasteiger partial charge on any atom is -0.298 e. The summed E-state index contributed by atoms with van der Waals surface area (Å²) in [4.78, 5) is 19.8. The number of hydrogen-bond donors (Lipinski definition) is 1. The highest BCUT2D eigenvalue weighted by Crippen LogP contribution is 2.24. The number of aromatic nitrogens is 1. The number of thiazole rings is 1. The molecule has 1 aromatic heterocycles. The SMILES string of the molecule is CC1CCN(S(=O)(=O)c2ccc(C(=O)Nc3nc(CN4CCCC(C)C4)cs3)cc2)CC1. The van der Waals surface area contributed by atoms with E-state index in [4.69, 9.17) is 0 Å². The van der Waals surface area contributed by atoms with E-state index < -0.39 is 10.0 Å². The maximum atomic E-state index is 12.9. The summed E-state index contributed by atoms with van der Waals surface area (Å²) in [5.74, 6) is 0.988. The first-order valence-corrected chi connectivity index (χ1v) is 13.7. The van der Waals surface area contributed by atoms with Gasteiger partial charge in [-0.1, -0.05) is 13.8 Å². The van der Waals surface area contributed by atoms with Crippen molar-refractivity contribution >= 4 is 32.4 Å². The van der Waals surface area contributed by atoms with Gasteiger partial charge in [-0.2, -0.15) is 4.31 Å². The highest BCUT2D eigenvalue weighted by atomic mass is 32.2. The normalized spacial score (nSPS) is 21.5. The number of benzene rings is 1. The van der Waals surface area contributed by atoms with E-state index in [9.17, 15) is 13.2 Å². The molecule has 0 bridgehead atoms. The van der Waals surface area contributed by atoms with Crippen molar-refractivity contribution in [2.45, 2.75) is 51.0 Å². The Morgan fingerprint density at radius 3 is 2.50 bits per heavy atom. The molecule has 2 aliphatic rings. The summed E-state index contributed by atoms with van der Waals surface area (Å²) in [7, 11) is -3.51. The van der Waals surface area contributed by atoms with Crippen LogP contribution in [0.3, 0.4) is 0 Å². The lowest BCUT2D eigenvalue weighted by Crippen LogP contribution is -2.37. The van der Waals surface area contributed by atoms with E-state index in [1.807, 2.05) is 5.38 Å². The number of sulfonamides is 1. The third-order valence-electron chi connectivity index (χ3n) is 6.40. The second kappa shape index (κ2) is 9.99. The van der Waals surface area contributed by atoms with E-state index in [2.05, 4.69) is 29.0 Å². The van der Waals surface area contributed by atoms with Crippen molar-refractivity contribution < 1.29 is 13.2 Å². The summed E-state index contributed by atoms with van der Waals surface area (Å²) in [6.45, 7) is 8.51. The zero-order chi connectivity index (χ0) is 22.7. The topological polar surface area (TPSA) is 82.6 Å². The molecule has 1 N–H and O–H groups in total. The van der Waals surface area contributed by atoms with Gasteiger partial charge in [-0.3, -0.25) is 15.0 Å². The van der Waals surface area contributed by atoms with Gasteiger partial charge < -0.3 is 0 Å². The van der Waals surface area contributed by atoms with Crippen LogP contribution in [0.2, 0.25) is 0 Å². The molecule has 0 saturated carbocycles. The van der Waals surface area contributed by atoms with E-state index in [1.54, 1.807) is 16.4 Å². The third-order valence-corrected chi connectivity index (χ3v) is 9.12. The fraction of sp³-hybridized carbons (Fsp3) is 0.565. The minimum atomic E-state index is -3.51. The van der Waals surface area contributed by atoms with Crippen LogP contribution in [0.1, 0.15) is 55.6 Å². The molecular formula is C23H32N4O3S2. The lowest BCUT2D eigenvalue weighted by molar-refractivity contribution is 0.102. The predicted molar refractivity (Wildman–Crippen MR) is 127 cm³/mol. The number of amides is 1. The standard InChI is InChI=1S/C23H32N4O3S2/c1-17-9-12-27(13-10-17)32(29,30)21-7-5-19(6-8-21)22(28)25-23-24-20(16-31-23)15-26-11-3-4-18(2)14-26/h5-8,16-18H,3-4,9-15H2,1-2H3,(H,24,25,28). The Morgan fingerprint density at radius 1 is 1.09 bits per heavy atom. The Balaban J connectivity index is 1.35. The van der Waals surface area contributed by atoms with Crippen LogP contribution in [0.5, 0.6) is 0 Å². The zero-order valence-corrected chi connectivity index (χ0v) is 20.4. The maximum absolute atomic E-state index is 12.9. The first-order valence-electron chi connectivity index (χ1n) is 11.4. The average Bonchev–Trinajstić information content (AvgIpc) is 3.20. The van der Waals surface area contributed by atoms with Crippen LogP contribution in [0, 0.1) is 11.8 Å². The van der Waals surface area contributed by atoms with Gasteiger partial charge in [-0.05, 0) is 68.3 Å². The first-order chi connectivity index (χ1) is 15.3. The predicted octanol–water partition coefficient (Wildman–Crippen LogP) is 4.05. The first kappa shape index (κ1) is 23.4. The number of carbonyl (C=O) groups excluding carboxylic acids is 1. The Morgan fingerprint density at radius 2 is 1.81 bits per heavy atom. The molecule has 4 rings (SSSR count). The van der Waals surface area contributed by atoms with Gasteiger partial charge in [0.15, 0.2) is 5.13 Å². The second-order valence-corrected chi connectivity index (χ2v) is 12.0. The molecular weight excluding hydrogens is 444 g/mol. The molecule has 174 valence electrons. The summed E-state index contributed by atoms with van der Waals surface area (Å²) in [6, 6.07) is 6.18. The molecule has 1 atom stereocenters. The van der Waals surface area contributed by atoms with Gasteiger partial charge in [0.2, 0.25) is 10.0 Å². The van der Waals surface area contributed by atoms with Crippen LogP contribution in [0.25, 0.3) is 0 Å². The number of likely N-dealkylation sites (tertiary alicyclic amines) is 1. The quantitative estimate of drug-likeness (QED) is 0.680. The fourth-order valence-corrected chi connectivity index (χ4v) is 6.58. The number of hydrogen-bond acceptors (Lipinski definition) is 6. The van der Waals surface area contributed by atoms with Crippen molar-refractivity contribution in [3.05, 3.63) is 40.9 Å². The van der Waals surface area contributed by atoms with E-state index in [0.717, 1.165) is 38.2 Å². The Hall–Kier alpha value is -1.81. The minimum absolute atomic E-state index is 0.232. The molecule has 1 aromatic carbocycles. The molecule has 2 fully saturated rings. The summed E-state index contributed by atoms with van der Waals surface area (Å²) >= 11 is 1.42. The molecule has 3 heterocycles. The van der Waals surface area contributed by atoms with Crippen LogP contribution < -0.4 is 5.32 Å². The van der Waals surface area contributed by atoms with Gasteiger partial charge in [0, 0.05) is 37.1 Å². The largest absolute Gasteiger partial charge is 0.298 e. The number of carbonyl (C=O) groups is 1. The number of nitrogens with zero attached hydrogens (tertiary/aromatic N) is 3. The smallest absolute Gasteiger partial charge is 0.257 e. The van der Waals surface area contributed by atoms with Crippen molar-refractivity contribution in [3.8, 4) is 0 Å². The third kappa shape index (κ3) is 5.57. The molecule has 7 nitrogen and oxygen atoms in total. The van der Waals surface area contributed by atoms with Crippen LogP contribution in [0.4, 0.5) is 5.13 Å². The number of rotatable bonds is 6. The zero-order valence-electron chi connectivity index (χ0n) is 18.8. The van der Waals surface area contributed by atoms with Gasteiger partial charge >= 0.3 is 0 Å². The fourth-order valence-electron chi connectivity index (χ4n) is 4.42. The van der Waals surface area contributed by atoms with Crippen molar-refractivity contribution in [2.75, 3.05) is 31.5 Å². The van der Waals surface area contributed by atoms with Gasteiger partial charge in [0.05, 0.1) is 10.6 Å². The highest BCUT2D eigenvalue weighted by molar-refractivity contribution is 7.89. The lowest BCUT2D eigenvalue weighted by Gasteiger charge is -2.30. The van der Waals surface area contributed by atoms with Crippen LogP contribution in [-0.4, -0.2) is 54.7 Å². The van der Waals surface area contributed by atoms with E-state index in [0.29, 0.717) is 35.6 Å². The Kier molecular flexibility index (Phi) is 7.29. The molecule has 0 spiro atoms. The average molecular weight is 477 g/mol. The molecule has 2 saturated heterocycles. The molecule has 0 aliphatic carbocycles. The molecule has 0 radical (unpaired) electrons. The van der Waals surface area contributed by atoms with Crippen LogP contribution in [0.15, 0.2) is 34.5 Å². The number of anilines is 1. The van der Waals surface area contributed by atoms with Gasteiger partial charge in [0.25, 0.3) is 5.91 Å². The Bertz CT molecular complexity index is 1030.